The smallest absolute Gasteiger partial charge is 0.254 e. The number of nitrogens with zero attached hydrogens (tertiary/aromatic N) is 1. The van der Waals surface area contributed by atoms with E-state index >= 15 is 0 Å². The Labute approximate surface area is 157 Å². The summed E-state index contributed by atoms with van der Waals surface area (Å²) in [5.74, 6) is -0.665. The van der Waals surface area contributed by atoms with Crippen LogP contribution in [0.15, 0.2) is 66.7 Å². The number of amides is 1. The van der Waals surface area contributed by atoms with E-state index < -0.39 is 6.04 Å². The summed E-state index contributed by atoms with van der Waals surface area (Å²) >= 11 is 0. The molecule has 0 aliphatic heterocycles. The molecule has 0 N–H and O–H groups in total. The number of benzene rings is 3. The summed E-state index contributed by atoms with van der Waals surface area (Å²) in [4.78, 5) is 27.1. The predicted molar refractivity (Wildman–Crippen MR) is 102 cm³/mol. The average molecular weight is 359 g/mol. The molecule has 0 spiro atoms. The molecule has 3 aromatic carbocycles. The zero-order valence-electron chi connectivity index (χ0n) is 15.1. The normalized spacial score (nSPS) is 13.1. The van der Waals surface area contributed by atoms with Crippen molar-refractivity contribution in [3.63, 3.8) is 0 Å². The van der Waals surface area contributed by atoms with E-state index in [-0.39, 0.29) is 17.5 Å². The van der Waals surface area contributed by atoms with Crippen LogP contribution in [0.5, 0.6) is 0 Å². The summed E-state index contributed by atoms with van der Waals surface area (Å²) in [5.41, 5.74) is 3.80. The summed E-state index contributed by atoms with van der Waals surface area (Å²) in [6.07, 6.45) is 0. The van der Waals surface area contributed by atoms with Crippen LogP contribution < -0.4 is 0 Å². The molecule has 0 bridgehead atoms. The first-order valence-corrected chi connectivity index (χ1v) is 8.79. The van der Waals surface area contributed by atoms with Gasteiger partial charge in [0, 0.05) is 29.3 Å². The fraction of sp³-hybridized carbons (Fsp3) is 0.130. The fourth-order valence-electron chi connectivity index (χ4n) is 3.56. The second-order valence-corrected chi connectivity index (χ2v) is 6.75. The monoisotopic (exact) mass is 359 g/mol. The maximum atomic E-state index is 14.1. The molecule has 4 heteroatoms. The van der Waals surface area contributed by atoms with Crippen molar-refractivity contribution in [3.05, 3.63) is 94.8 Å². The molecule has 1 aliphatic carbocycles. The standard InChI is InChI=1S/C23H18FNO2/c1-14(16-7-5-6-10-21(16)24)25(2)23(27)15-11-12-18-17-8-3-4-9-19(17)22(26)20(18)13-15/h3-14H,1-2H3. The second kappa shape index (κ2) is 6.47. The number of halogens is 1. The number of hydrogen-bond donors (Lipinski definition) is 0. The maximum Gasteiger partial charge on any atom is 0.254 e. The number of rotatable bonds is 3. The van der Waals surface area contributed by atoms with E-state index in [1.165, 1.54) is 11.0 Å². The van der Waals surface area contributed by atoms with E-state index in [1.807, 2.05) is 24.3 Å². The average Bonchev–Trinajstić information content (AvgIpc) is 2.99. The lowest BCUT2D eigenvalue weighted by Crippen LogP contribution is -2.30. The molecule has 134 valence electrons. The first kappa shape index (κ1) is 17.2. The van der Waals surface area contributed by atoms with Crippen LogP contribution >= 0.6 is 0 Å². The molecule has 1 aliphatic rings. The molecule has 0 aromatic heterocycles. The second-order valence-electron chi connectivity index (χ2n) is 6.75. The predicted octanol–water partition coefficient (Wildman–Crippen LogP) is 4.87. The van der Waals surface area contributed by atoms with Gasteiger partial charge in [-0.15, -0.1) is 0 Å². The molecule has 3 nitrogen and oxygen atoms in total. The van der Waals surface area contributed by atoms with Crippen molar-refractivity contribution < 1.29 is 14.0 Å². The Balaban J connectivity index is 1.66. The molecular formula is C23H18FNO2. The van der Waals surface area contributed by atoms with Gasteiger partial charge in [-0.2, -0.15) is 0 Å². The zero-order chi connectivity index (χ0) is 19.1. The number of carbonyl (C=O) groups excluding carboxylic acids is 2. The summed E-state index contributed by atoms with van der Waals surface area (Å²) in [6, 6.07) is 18.6. The molecule has 1 unspecified atom stereocenters. The molecular weight excluding hydrogens is 341 g/mol. The van der Waals surface area contributed by atoms with E-state index in [0.29, 0.717) is 22.3 Å². The van der Waals surface area contributed by atoms with Gasteiger partial charge in [0.2, 0.25) is 0 Å². The molecule has 0 saturated carbocycles. The highest BCUT2D eigenvalue weighted by Crippen LogP contribution is 2.37. The molecule has 3 aromatic rings. The van der Waals surface area contributed by atoms with Gasteiger partial charge >= 0.3 is 0 Å². The lowest BCUT2D eigenvalue weighted by Gasteiger charge is -2.26. The van der Waals surface area contributed by atoms with Crippen molar-refractivity contribution in [2.75, 3.05) is 7.05 Å². The summed E-state index contributed by atoms with van der Waals surface area (Å²) in [5, 5.41) is 0. The molecule has 0 heterocycles. The van der Waals surface area contributed by atoms with Gasteiger partial charge in [-0.05, 0) is 36.2 Å². The first-order chi connectivity index (χ1) is 13.0. The van der Waals surface area contributed by atoms with Crippen molar-refractivity contribution in [2.45, 2.75) is 13.0 Å². The van der Waals surface area contributed by atoms with Crippen LogP contribution in [-0.2, 0) is 0 Å². The Morgan fingerprint density at radius 1 is 0.889 bits per heavy atom. The SMILES string of the molecule is CC(c1ccccc1F)N(C)C(=O)c1ccc2c(c1)C(=O)c1ccccc1-2. The van der Waals surface area contributed by atoms with Gasteiger partial charge in [0.25, 0.3) is 5.91 Å². The van der Waals surface area contributed by atoms with E-state index in [9.17, 15) is 14.0 Å². The van der Waals surface area contributed by atoms with E-state index in [0.717, 1.165) is 11.1 Å². The van der Waals surface area contributed by atoms with E-state index in [2.05, 4.69) is 0 Å². The van der Waals surface area contributed by atoms with Crippen LogP contribution in [0.3, 0.4) is 0 Å². The lowest BCUT2D eigenvalue weighted by atomic mass is 10.0. The molecule has 27 heavy (non-hydrogen) atoms. The minimum atomic E-state index is -0.431. The van der Waals surface area contributed by atoms with Crippen LogP contribution in [0.25, 0.3) is 11.1 Å². The Hall–Kier alpha value is -3.27. The third-order valence-corrected chi connectivity index (χ3v) is 5.23. The van der Waals surface area contributed by atoms with Crippen LogP contribution in [0.2, 0.25) is 0 Å². The summed E-state index contributed by atoms with van der Waals surface area (Å²) < 4.78 is 14.1. The zero-order valence-corrected chi connectivity index (χ0v) is 15.1. The topological polar surface area (TPSA) is 37.4 Å². The molecule has 0 radical (unpaired) electrons. The number of hydrogen-bond acceptors (Lipinski definition) is 2. The van der Waals surface area contributed by atoms with E-state index in [4.69, 9.17) is 0 Å². The highest BCUT2D eigenvalue weighted by Gasteiger charge is 2.28. The Kier molecular flexibility index (Phi) is 4.11. The Morgan fingerprint density at radius 2 is 1.52 bits per heavy atom. The molecule has 0 fully saturated rings. The highest BCUT2D eigenvalue weighted by molar-refractivity contribution is 6.22. The van der Waals surface area contributed by atoms with Crippen LogP contribution in [0.1, 0.15) is 44.8 Å². The van der Waals surface area contributed by atoms with E-state index in [1.54, 1.807) is 50.4 Å². The van der Waals surface area contributed by atoms with Gasteiger partial charge in [0.1, 0.15) is 5.82 Å². The van der Waals surface area contributed by atoms with Crippen molar-refractivity contribution in [1.82, 2.24) is 4.90 Å². The van der Waals surface area contributed by atoms with Gasteiger partial charge < -0.3 is 4.90 Å². The molecule has 0 saturated heterocycles. The number of ketones is 1. The maximum absolute atomic E-state index is 14.1. The Morgan fingerprint density at radius 3 is 2.26 bits per heavy atom. The molecule has 1 atom stereocenters. The van der Waals surface area contributed by atoms with Crippen LogP contribution in [0.4, 0.5) is 4.39 Å². The van der Waals surface area contributed by atoms with Gasteiger partial charge in [-0.3, -0.25) is 9.59 Å². The Bertz CT molecular complexity index is 1070. The van der Waals surface area contributed by atoms with Gasteiger partial charge in [-0.25, -0.2) is 4.39 Å². The minimum Gasteiger partial charge on any atom is -0.335 e. The quantitative estimate of drug-likeness (QED) is 0.523. The summed E-state index contributed by atoms with van der Waals surface area (Å²) in [7, 11) is 1.64. The number of carbonyl (C=O) groups is 2. The third-order valence-electron chi connectivity index (χ3n) is 5.23. The minimum absolute atomic E-state index is 0.0694. The fourth-order valence-corrected chi connectivity index (χ4v) is 3.56. The third kappa shape index (κ3) is 2.74. The van der Waals surface area contributed by atoms with Crippen molar-refractivity contribution >= 4 is 11.7 Å². The molecule has 4 rings (SSSR count). The van der Waals surface area contributed by atoms with Crippen molar-refractivity contribution in [2.24, 2.45) is 0 Å². The van der Waals surface area contributed by atoms with Crippen molar-refractivity contribution in [3.8, 4) is 11.1 Å². The summed E-state index contributed by atoms with van der Waals surface area (Å²) in [6.45, 7) is 1.78. The first-order valence-electron chi connectivity index (χ1n) is 8.79. The number of fused-ring (bicyclic) bond motifs is 3. The lowest BCUT2D eigenvalue weighted by molar-refractivity contribution is 0.0740. The van der Waals surface area contributed by atoms with Gasteiger partial charge in [-0.1, -0.05) is 48.5 Å². The largest absolute Gasteiger partial charge is 0.335 e. The van der Waals surface area contributed by atoms with Crippen LogP contribution in [0, 0.1) is 5.82 Å². The van der Waals surface area contributed by atoms with Crippen LogP contribution in [-0.4, -0.2) is 23.6 Å². The van der Waals surface area contributed by atoms with Crippen molar-refractivity contribution in [1.29, 1.82) is 0 Å². The molecule has 1 amide bonds. The van der Waals surface area contributed by atoms with Gasteiger partial charge in [0.05, 0.1) is 6.04 Å². The highest BCUT2D eigenvalue weighted by atomic mass is 19.1. The van der Waals surface area contributed by atoms with Gasteiger partial charge in [0.15, 0.2) is 5.78 Å².